The Kier molecular flexibility index (Phi) is 5.89. The van der Waals surface area contributed by atoms with Crippen molar-refractivity contribution in [1.29, 1.82) is 0 Å². The zero-order valence-electron chi connectivity index (χ0n) is 16.4. The van der Waals surface area contributed by atoms with E-state index in [1.54, 1.807) is 61.5 Å². The second-order valence-electron chi connectivity index (χ2n) is 7.49. The Morgan fingerprint density at radius 2 is 1.76 bits per heavy atom. The van der Waals surface area contributed by atoms with Crippen LogP contribution >= 0.6 is 0 Å². The number of aryl methyl sites for hydroxylation is 1. The van der Waals surface area contributed by atoms with E-state index >= 15 is 0 Å². The molecule has 0 heterocycles. The van der Waals surface area contributed by atoms with Gasteiger partial charge in [0.15, 0.2) is 11.4 Å². The minimum atomic E-state index is -4.15. The molecular weight excluding hydrogens is 388 g/mol. The van der Waals surface area contributed by atoms with Gasteiger partial charge in [-0.2, -0.15) is 8.42 Å². The number of allylic oxidation sites excluding steroid dienone is 4. The molecule has 29 heavy (non-hydrogen) atoms. The highest BCUT2D eigenvalue weighted by Gasteiger charge is 2.47. The van der Waals surface area contributed by atoms with Gasteiger partial charge in [-0.25, -0.2) is 0 Å². The van der Waals surface area contributed by atoms with Crippen LogP contribution in [0.1, 0.15) is 24.5 Å². The summed E-state index contributed by atoms with van der Waals surface area (Å²) in [5.74, 6) is -0.518. The molecule has 1 aliphatic carbocycles. The molecule has 0 spiro atoms. The lowest BCUT2D eigenvalue weighted by molar-refractivity contribution is -0.149. The van der Waals surface area contributed by atoms with Crippen molar-refractivity contribution < 1.29 is 22.5 Å². The van der Waals surface area contributed by atoms with Gasteiger partial charge < -0.3 is 5.11 Å². The van der Waals surface area contributed by atoms with E-state index < -0.39 is 33.5 Å². The van der Waals surface area contributed by atoms with Crippen molar-refractivity contribution in [2.45, 2.75) is 30.8 Å². The second kappa shape index (κ2) is 8.06. The van der Waals surface area contributed by atoms with Crippen LogP contribution in [-0.2, 0) is 24.7 Å². The van der Waals surface area contributed by atoms with Gasteiger partial charge in [0.25, 0.3) is 10.1 Å². The van der Waals surface area contributed by atoms with Crippen molar-refractivity contribution in [3.8, 4) is 0 Å². The van der Waals surface area contributed by atoms with Crippen molar-refractivity contribution in [1.82, 2.24) is 0 Å². The van der Waals surface area contributed by atoms with Crippen molar-refractivity contribution in [2.24, 2.45) is 5.41 Å². The summed E-state index contributed by atoms with van der Waals surface area (Å²) in [6.45, 7) is 2.85. The van der Waals surface area contributed by atoms with Crippen LogP contribution in [0, 0.1) is 12.3 Å². The fourth-order valence-electron chi connectivity index (χ4n) is 3.30. The van der Waals surface area contributed by atoms with Crippen LogP contribution in [0.3, 0.4) is 0 Å². The first-order chi connectivity index (χ1) is 13.7. The molecule has 1 aliphatic rings. The first kappa shape index (κ1) is 21.2. The zero-order valence-corrected chi connectivity index (χ0v) is 17.2. The lowest BCUT2D eigenvalue weighted by Gasteiger charge is -2.35. The second-order valence-corrected chi connectivity index (χ2v) is 9.11. The molecule has 5 nitrogen and oxygen atoms in total. The van der Waals surface area contributed by atoms with Crippen LogP contribution in [0.25, 0.3) is 0 Å². The molecule has 0 aliphatic heterocycles. The first-order valence-corrected chi connectivity index (χ1v) is 10.7. The Morgan fingerprint density at radius 1 is 1.10 bits per heavy atom. The smallest absolute Gasteiger partial charge is 0.297 e. The largest absolute Gasteiger partial charge is 0.375 e. The number of hydrogen-bond acceptors (Lipinski definition) is 5. The highest BCUT2D eigenvalue weighted by atomic mass is 32.2. The SMILES string of the molecule is Cc1ccc(S(=O)(=O)OCC(O)(C(=O)[C@@]2(C)C=CC=CC2)c2ccccc2)cc1. The fraction of sp³-hybridized carbons (Fsp3) is 0.261. The summed E-state index contributed by atoms with van der Waals surface area (Å²) >= 11 is 0. The van der Waals surface area contributed by atoms with Gasteiger partial charge in [-0.1, -0.05) is 72.3 Å². The lowest BCUT2D eigenvalue weighted by Crippen LogP contribution is -2.48. The topological polar surface area (TPSA) is 80.7 Å². The van der Waals surface area contributed by atoms with E-state index in [1.165, 1.54) is 12.1 Å². The highest BCUT2D eigenvalue weighted by Crippen LogP contribution is 2.37. The summed E-state index contributed by atoms with van der Waals surface area (Å²) in [6, 6.07) is 14.5. The molecule has 0 radical (unpaired) electrons. The van der Waals surface area contributed by atoms with E-state index in [4.69, 9.17) is 4.18 Å². The molecule has 152 valence electrons. The number of benzene rings is 2. The molecule has 6 heteroatoms. The maximum Gasteiger partial charge on any atom is 0.297 e. The summed E-state index contributed by atoms with van der Waals surface area (Å²) in [4.78, 5) is 13.4. The Hall–Kier alpha value is -2.54. The van der Waals surface area contributed by atoms with Crippen LogP contribution in [-0.4, -0.2) is 25.9 Å². The van der Waals surface area contributed by atoms with Gasteiger partial charge in [0.2, 0.25) is 0 Å². The molecule has 2 atom stereocenters. The summed E-state index contributed by atoms with van der Waals surface area (Å²) in [6.07, 6.45) is 7.54. The number of Topliss-reactive ketones (excluding diaryl/α,β-unsaturated/α-hetero) is 1. The van der Waals surface area contributed by atoms with E-state index in [9.17, 15) is 18.3 Å². The van der Waals surface area contributed by atoms with Crippen molar-refractivity contribution >= 4 is 15.9 Å². The van der Waals surface area contributed by atoms with Gasteiger partial charge in [-0.3, -0.25) is 8.98 Å². The number of hydrogen-bond donors (Lipinski definition) is 1. The summed E-state index contributed by atoms with van der Waals surface area (Å²) in [5.41, 5.74) is -1.90. The van der Waals surface area contributed by atoms with Gasteiger partial charge in [-0.15, -0.1) is 0 Å². The van der Waals surface area contributed by atoms with Crippen LogP contribution in [0.5, 0.6) is 0 Å². The van der Waals surface area contributed by atoms with Crippen LogP contribution in [0.2, 0.25) is 0 Å². The Labute approximate surface area is 171 Å². The van der Waals surface area contributed by atoms with Gasteiger partial charge in [0.1, 0.15) is 6.61 Å². The van der Waals surface area contributed by atoms with E-state index in [2.05, 4.69) is 0 Å². The third kappa shape index (κ3) is 4.40. The van der Waals surface area contributed by atoms with E-state index in [0.29, 0.717) is 6.42 Å². The van der Waals surface area contributed by atoms with E-state index in [0.717, 1.165) is 5.56 Å². The zero-order chi connectivity index (χ0) is 21.1. The number of carbonyl (C=O) groups excluding carboxylic acids is 1. The Morgan fingerprint density at radius 3 is 2.34 bits per heavy atom. The van der Waals surface area contributed by atoms with Gasteiger partial charge >= 0.3 is 0 Å². The van der Waals surface area contributed by atoms with Crippen LogP contribution in [0.4, 0.5) is 0 Å². The maximum absolute atomic E-state index is 13.4. The predicted octanol–water partition coefficient (Wildman–Crippen LogP) is 3.68. The van der Waals surface area contributed by atoms with Gasteiger partial charge in [-0.05, 0) is 38.0 Å². The fourth-order valence-corrected chi connectivity index (χ4v) is 4.23. The number of carbonyl (C=O) groups is 1. The monoisotopic (exact) mass is 412 g/mol. The minimum absolute atomic E-state index is 0.0299. The van der Waals surface area contributed by atoms with Crippen LogP contribution in [0.15, 0.2) is 83.8 Å². The molecule has 0 amide bonds. The lowest BCUT2D eigenvalue weighted by atomic mass is 9.71. The molecule has 2 aromatic carbocycles. The molecule has 3 rings (SSSR count). The van der Waals surface area contributed by atoms with Crippen molar-refractivity contribution in [3.05, 3.63) is 90.0 Å². The third-order valence-corrected chi connectivity index (χ3v) is 6.41. The molecule has 0 fully saturated rings. The van der Waals surface area contributed by atoms with E-state index in [-0.39, 0.29) is 10.5 Å². The van der Waals surface area contributed by atoms with Crippen LogP contribution < -0.4 is 0 Å². The molecule has 2 aromatic rings. The van der Waals surface area contributed by atoms with Gasteiger partial charge in [0.05, 0.1) is 10.3 Å². The molecule has 0 saturated carbocycles. The quantitative estimate of drug-likeness (QED) is 0.702. The van der Waals surface area contributed by atoms with Crippen molar-refractivity contribution in [2.75, 3.05) is 6.61 Å². The molecule has 1 N–H and O–H groups in total. The molecule has 0 bridgehead atoms. The molecule has 1 unspecified atom stereocenters. The van der Waals surface area contributed by atoms with Crippen molar-refractivity contribution in [3.63, 3.8) is 0 Å². The molecule has 0 saturated heterocycles. The average molecular weight is 413 g/mol. The summed E-state index contributed by atoms with van der Waals surface area (Å²) in [5, 5.41) is 11.4. The standard InChI is InChI=1S/C23H24O5S/c1-18-11-13-20(14-12-18)29(26,27)28-17-23(25,19-9-5-3-6-10-19)21(24)22(2)15-7-4-8-16-22/h3-15,25H,16-17H2,1-2H3/t22-,23?/m0/s1. The number of ketones is 1. The first-order valence-electron chi connectivity index (χ1n) is 9.31. The summed E-state index contributed by atoms with van der Waals surface area (Å²) < 4.78 is 30.5. The predicted molar refractivity (Wildman–Crippen MR) is 111 cm³/mol. The normalized spacial score (nSPS) is 20.9. The molecule has 0 aromatic heterocycles. The van der Waals surface area contributed by atoms with E-state index in [1.807, 2.05) is 19.1 Å². The Bertz CT molecular complexity index is 1040. The average Bonchev–Trinajstić information content (AvgIpc) is 2.73. The Balaban J connectivity index is 1.94. The molecular formula is C23H24O5S. The maximum atomic E-state index is 13.4. The third-order valence-electron chi connectivity index (χ3n) is 5.13. The number of rotatable bonds is 7. The van der Waals surface area contributed by atoms with Gasteiger partial charge in [0, 0.05) is 0 Å². The number of aliphatic hydroxyl groups is 1. The highest BCUT2D eigenvalue weighted by molar-refractivity contribution is 7.86. The summed E-state index contributed by atoms with van der Waals surface area (Å²) in [7, 11) is -4.15. The minimum Gasteiger partial charge on any atom is -0.375 e.